The highest BCUT2D eigenvalue weighted by Crippen LogP contribution is 2.43. The molecule has 4 nitrogen and oxygen atoms in total. The van der Waals surface area contributed by atoms with Gasteiger partial charge in [-0.1, -0.05) is 31.7 Å². The first-order chi connectivity index (χ1) is 11.3. The number of aliphatic carboxylic acids is 1. The van der Waals surface area contributed by atoms with E-state index in [2.05, 4.69) is 18.2 Å². The molecule has 0 radical (unpaired) electrons. The number of carboxylic acid groups (broad SMARTS) is 1. The van der Waals surface area contributed by atoms with Gasteiger partial charge in [-0.3, -0.25) is 4.79 Å². The van der Waals surface area contributed by atoms with Crippen LogP contribution in [0.1, 0.15) is 55.9 Å². The lowest BCUT2D eigenvalue weighted by atomic mass is 9.71. The molecule has 0 saturated carbocycles. The summed E-state index contributed by atoms with van der Waals surface area (Å²) in [4.78, 5) is 11.9. The molecule has 0 bridgehead atoms. The first-order valence-corrected chi connectivity index (χ1v) is 8.30. The number of fused-ring (bicyclic) bond motifs is 1. The van der Waals surface area contributed by atoms with E-state index in [1.54, 1.807) is 26.0 Å². The Labute approximate surface area is 149 Å². The molecule has 5 N–H and O–H groups in total. The van der Waals surface area contributed by atoms with Crippen LogP contribution in [0.15, 0.2) is 36.4 Å². The van der Waals surface area contributed by atoms with Crippen molar-refractivity contribution < 1.29 is 9.90 Å². The molecular formula is C21H28N2O2. The zero-order valence-electron chi connectivity index (χ0n) is 14.2. The van der Waals surface area contributed by atoms with Crippen molar-refractivity contribution >= 4 is 17.3 Å². The van der Waals surface area contributed by atoms with Crippen LogP contribution in [0.3, 0.4) is 0 Å². The fraction of sp³-hybridized carbons (Fsp3) is 0.381. The van der Waals surface area contributed by atoms with Gasteiger partial charge >= 0.3 is 5.97 Å². The van der Waals surface area contributed by atoms with Crippen molar-refractivity contribution in [2.45, 2.75) is 46.5 Å². The highest BCUT2D eigenvalue weighted by molar-refractivity contribution is 5.77. The molecule has 25 heavy (non-hydrogen) atoms. The summed E-state index contributed by atoms with van der Waals surface area (Å²) in [5.41, 5.74) is 16.5. The summed E-state index contributed by atoms with van der Waals surface area (Å²) in [5.74, 6) is -1.12. The third-order valence-electron chi connectivity index (χ3n) is 5.17. The summed E-state index contributed by atoms with van der Waals surface area (Å²) in [6.07, 6.45) is 3.34. The first kappa shape index (κ1) is 18.8. The molecule has 3 rings (SSSR count). The van der Waals surface area contributed by atoms with Crippen molar-refractivity contribution in [1.29, 1.82) is 0 Å². The normalized spacial score (nSPS) is 14.5. The van der Waals surface area contributed by atoms with Gasteiger partial charge in [0.1, 0.15) is 0 Å². The van der Waals surface area contributed by atoms with Gasteiger partial charge in [-0.15, -0.1) is 0 Å². The number of benzene rings is 2. The monoisotopic (exact) mass is 340 g/mol. The van der Waals surface area contributed by atoms with E-state index in [1.807, 2.05) is 6.07 Å². The molecule has 0 saturated heterocycles. The molecule has 1 aliphatic carbocycles. The number of anilines is 2. The van der Waals surface area contributed by atoms with Crippen molar-refractivity contribution in [1.82, 2.24) is 0 Å². The van der Waals surface area contributed by atoms with Crippen LogP contribution in [-0.4, -0.2) is 11.1 Å². The highest BCUT2D eigenvalue weighted by atomic mass is 16.4. The Morgan fingerprint density at radius 1 is 1.00 bits per heavy atom. The minimum Gasteiger partial charge on any atom is -0.481 e. The number of nitrogen functional groups attached to an aromatic ring is 2. The van der Waals surface area contributed by atoms with Crippen LogP contribution in [-0.2, 0) is 17.6 Å². The average molecular weight is 340 g/mol. The predicted molar refractivity (Wildman–Crippen MR) is 104 cm³/mol. The van der Waals surface area contributed by atoms with E-state index in [9.17, 15) is 9.90 Å². The molecule has 1 aliphatic rings. The smallest absolute Gasteiger partial charge is 0.310 e. The van der Waals surface area contributed by atoms with Gasteiger partial charge in [0.05, 0.1) is 16.8 Å². The molecule has 0 fully saturated rings. The topological polar surface area (TPSA) is 89.3 Å². The predicted octanol–water partition coefficient (Wildman–Crippen LogP) is 4.22. The van der Waals surface area contributed by atoms with Crippen LogP contribution in [0, 0.1) is 5.41 Å². The number of aryl methyl sites for hydroxylation is 2. The summed E-state index contributed by atoms with van der Waals surface area (Å²) in [6.45, 7) is 3.53. The van der Waals surface area contributed by atoms with Crippen LogP contribution < -0.4 is 11.5 Å². The van der Waals surface area contributed by atoms with Crippen LogP contribution in [0.5, 0.6) is 0 Å². The van der Waals surface area contributed by atoms with Crippen LogP contribution in [0.25, 0.3) is 0 Å². The lowest BCUT2D eigenvalue weighted by molar-refractivity contribution is -0.147. The van der Waals surface area contributed by atoms with Crippen molar-refractivity contribution in [3.8, 4) is 0 Å². The molecule has 0 amide bonds. The van der Waals surface area contributed by atoms with Crippen LogP contribution in [0.2, 0.25) is 0 Å². The van der Waals surface area contributed by atoms with Crippen LogP contribution >= 0.6 is 0 Å². The Kier molecular flexibility index (Phi) is 5.12. The first-order valence-electron chi connectivity index (χ1n) is 8.30. The maximum atomic E-state index is 11.9. The molecular weight excluding hydrogens is 312 g/mol. The third kappa shape index (κ3) is 3.34. The lowest BCUT2D eigenvalue weighted by Crippen LogP contribution is -2.32. The van der Waals surface area contributed by atoms with E-state index in [-0.39, 0.29) is 13.3 Å². The zero-order chi connectivity index (χ0) is 17.5. The fourth-order valence-electron chi connectivity index (χ4n) is 3.69. The molecule has 2 aromatic carbocycles. The van der Waals surface area contributed by atoms with E-state index in [1.165, 1.54) is 17.5 Å². The quantitative estimate of drug-likeness (QED) is 0.727. The number of nitrogens with two attached hydrogens (primary N) is 2. The van der Waals surface area contributed by atoms with Crippen molar-refractivity contribution in [3.05, 3.63) is 58.7 Å². The number of hydrogen-bond donors (Lipinski definition) is 3. The van der Waals surface area contributed by atoms with Gasteiger partial charge in [0.25, 0.3) is 0 Å². The maximum Gasteiger partial charge on any atom is 0.310 e. The van der Waals surface area contributed by atoms with E-state index in [0.29, 0.717) is 11.4 Å². The molecule has 0 aliphatic heterocycles. The summed E-state index contributed by atoms with van der Waals surface area (Å²) in [6, 6.07) is 11.8. The minimum absolute atomic E-state index is 0. The van der Waals surface area contributed by atoms with Crippen molar-refractivity contribution in [2.75, 3.05) is 11.5 Å². The summed E-state index contributed by atoms with van der Waals surface area (Å²) >= 11 is 0. The molecule has 0 aromatic heterocycles. The number of hydrogen-bond acceptors (Lipinski definition) is 3. The Morgan fingerprint density at radius 3 is 2.24 bits per heavy atom. The van der Waals surface area contributed by atoms with Gasteiger partial charge in [-0.05, 0) is 67.5 Å². The number of rotatable bonds is 4. The largest absolute Gasteiger partial charge is 0.481 e. The minimum atomic E-state index is -0.963. The summed E-state index contributed by atoms with van der Waals surface area (Å²) in [5, 5.41) is 9.80. The Morgan fingerprint density at radius 2 is 1.60 bits per heavy atom. The third-order valence-corrected chi connectivity index (χ3v) is 5.17. The second kappa shape index (κ2) is 6.79. The van der Waals surface area contributed by atoms with Crippen LogP contribution in [0.4, 0.5) is 11.4 Å². The molecule has 0 heterocycles. The molecule has 4 heteroatoms. The second-order valence-corrected chi connectivity index (χ2v) is 7.23. The molecule has 2 aromatic rings. The lowest BCUT2D eigenvalue weighted by Gasteiger charge is -2.32. The molecule has 1 atom stereocenters. The van der Waals surface area contributed by atoms with Crippen molar-refractivity contribution in [2.24, 2.45) is 5.41 Å². The number of carbonyl (C=O) groups is 1. The second-order valence-electron chi connectivity index (χ2n) is 7.23. The average Bonchev–Trinajstić information content (AvgIpc) is 2.98. The van der Waals surface area contributed by atoms with Gasteiger partial charge in [0.2, 0.25) is 0 Å². The summed E-state index contributed by atoms with van der Waals surface area (Å²) < 4.78 is 0. The fourth-order valence-corrected chi connectivity index (χ4v) is 3.69. The Hall–Kier alpha value is -2.49. The Balaban J connectivity index is 0.00000225. The SMILES string of the molecule is C.CC(C)(C(=O)O)C(c1ccc(N)c(N)c1)c1ccc2c(c1)CCC2. The van der Waals surface area contributed by atoms with Gasteiger partial charge < -0.3 is 16.6 Å². The van der Waals surface area contributed by atoms with Gasteiger partial charge in [-0.25, -0.2) is 0 Å². The van der Waals surface area contributed by atoms with E-state index in [0.717, 1.165) is 24.0 Å². The van der Waals surface area contributed by atoms with Gasteiger partial charge in [-0.2, -0.15) is 0 Å². The van der Waals surface area contributed by atoms with E-state index in [4.69, 9.17) is 11.5 Å². The zero-order valence-corrected chi connectivity index (χ0v) is 14.2. The maximum absolute atomic E-state index is 11.9. The number of carboxylic acids is 1. The van der Waals surface area contributed by atoms with E-state index >= 15 is 0 Å². The molecule has 0 spiro atoms. The highest BCUT2D eigenvalue weighted by Gasteiger charge is 2.39. The van der Waals surface area contributed by atoms with Crippen molar-refractivity contribution in [3.63, 3.8) is 0 Å². The Bertz CT molecular complexity index is 796. The van der Waals surface area contributed by atoms with Gasteiger partial charge in [0.15, 0.2) is 0 Å². The van der Waals surface area contributed by atoms with Gasteiger partial charge in [0, 0.05) is 5.92 Å². The molecule has 134 valence electrons. The summed E-state index contributed by atoms with van der Waals surface area (Å²) in [7, 11) is 0. The molecule has 1 unspecified atom stereocenters. The van der Waals surface area contributed by atoms with E-state index < -0.39 is 11.4 Å². The standard InChI is InChI=1S/C20H24N2O2.CH4/c1-20(2,19(23)24)18(15-8-9-16(21)17(22)11-15)14-7-6-12-4-3-5-13(12)10-14;/h6-11,18H,3-5,21-22H2,1-2H3,(H,23,24);1H4.